The molecule has 6 heteroatoms. The van der Waals surface area contributed by atoms with Crippen LogP contribution >= 0.6 is 11.3 Å². The van der Waals surface area contributed by atoms with Gasteiger partial charge < -0.3 is 10.2 Å². The first-order chi connectivity index (χ1) is 11.4. The summed E-state index contributed by atoms with van der Waals surface area (Å²) in [5.41, 5.74) is 2.34. The van der Waals surface area contributed by atoms with Crippen molar-refractivity contribution in [3.63, 3.8) is 0 Å². The minimum Gasteiger partial charge on any atom is -0.326 e. The predicted molar refractivity (Wildman–Crippen MR) is 98.3 cm³/mol. The average Bonchev–Trinajstić information content (AvgIpc) is 2.99. The Morgan fingerprint density at radius 1 is 1.38 bits per heavy atom. The second-order valence-corrected chi connectivity index (χ2v) is 6.72. The van der Waals surface area contributed by atoms with E-state index < -0.39 is 0 Å². The van der Waals surface area contributed by atoms with Gasteiger partial charge in [-0.2, -0.15) is 0 Å². The van der Waals surface area contributed by atoms with E-state index in [1.165, 1.54) is 6.08 Å². The quantitative estimate of drug-likeness (QED) is 0.811. The summed E-state index contributed by atoms with van der Waals surface area (Å²) in [7, 11) is 0. The van der Waals surface area contributed by atoms with E-state index in [9.17, 15) is 9.59 Å². The third-order valence-corrected chi connectivity index (χ3v) is 4.41. The first kappa shape index (κ1) is 17.9. The summed E-state index contributed by atoms with van der Waals surface area (Å²) in [6, 6.07) is 5.53. The van der Waals surface area contributed by atoms with Gasteiger partial charge in [0, 0.05) is 28.9 Å². The summed E-state index contributed by atoms with van der Waals surface area (Å²) in [6.07, 6.45) is 3.48. The zero-order valence-corrected chi connectivity index (χ0v) is 14.9. The summed E-state index contributed by atoms with van der Waals surface area (Å²) >= 11 is 1.55. The van der Waals surface area contributed by atoms with Gasteiger partial charge in [0.1, 0.15) is 5.01 Å². The van der Waals surface area contributed by atoms with E-state index >= 15 is 0 Å². The number of hydrogen-bond acceptors (Lipinski definition) is 4. The molecule has 126 valence electrons. The van der Waals surface area contributed by atoms with Crippen LogP contribution in [-0.4, -0.2) is 16.8 Å². The van der Waals surface area contributed by atoms with Crippen LogP contribution < -0.4 is 10.2 Å². The number of hydrogen-bond donors (Lipinski definition) is 1. The molecule has 2 rings (SSSR count). The minimum atomic E-state index is -0.204. The molecule has 0 radical (unpaired) electrons. The smallest absolute Gasteiger partial charge is 0.250 e. The molecule has 1 heterocycles. The molecular weight excluding hydrogens is 322 g/mol. The fourth-order valence-electron chi connectivity index (χ4n) is 2.23. The normalized spacial score (nSPS) is 10.3. The topological polar surface area (TPSA) is 62.3 Å². The standard InChI is InChI=1S/C18H21N3O2S/c1-5-16(22)20-14-8-7-12(3)15(9-14)21(18(23)6-2)11-17-19-10-13(4)24-17/h6-10H,2,5,11H2,1,3-4H3,(H,20,22). The molecule has 0 aliphatic heterocycles. The average molecular weight is 343 g/mol. The second-order valence-electron chi connectivity index (χ2n) is 5.40. The Morgan fingerprint density at radius 3 is 2.71 bits per heavy atom. The predicted octanol–water partition coefficient (Wildman–Crippen LogP) is 3.83. The lowest BCUT2D eigenvalue weighted by Gasteiger charge is -2.23. The summed E-state index contributed by atoms with van der Waals surface area (Å²) < 4.78 is 0. The Bertz CT molecular complexity index is 767. The van der Waals surface area contributed by atoms with E-state index in [4.69, 9.17) is 0 Å². The molecule has 1 aromatic carbocycles. The van der Waals surface area contributed by atoms with Gasteiger partial charge in [0.05, 0.1) is 6.54 Å². The maximum atomic E-state index is 12.4. The van der Waals surface area contributed by atoms with Gasteiger partial charge in [-0.25, -0.2) is 4.98 Å². The molecule has 0 unspecified atom stereocenters. The molecule has 2 amide bonds. The highest BCUT2D eigenvalue weighted by molar-refractivity contribution is 7.11. The zero-order valence-electron chi connectivity index (χ0n) is 14.1. The van der Waals surface area contributed by atoms with Crippen molar-refractivity contribution in [1.82, 2.24) is 4.98 Å². The van der Waals surface area contributed by atoms with E-state index in [2.05, 4.69) is 16.9 Å². The number of benzene rings is 1. The monoisotopic (exact) mass is 343 g/mol. The number of aryl methyl sites for hydroxylation is 2. The first-order valence-corrected chi connectivity index (χ1v) is 8.52. The molecule has 0 fully saturated rings. The van der Waals surface area contributed by atoms with Gasteiger partial charge in [-0.05, 0) is 37.6 Å². The summed E-state index contributed by atoms with van der Waals surface area (Å²) in [6.45, 7) is 9.66. The largest absolute Gasteiger partial charge is 0.326 e. The number of amides is 2. The number of nitrogens with one attached hydrogen (secondary N) is 1. The maximum absolute atomic E-state index is 12.4. The number of thiazole rings is 1. The van der Waals surface area contributed by atoms with E-state index in [1.807, 2.05) is 32.0 Å². The van der Waals surface area contributed by atoms with Gasteiger partial charge in [0.2, 0.25) is 5.91 Å². The molecular formula is C18H21N3O2S. The van der Waals surface area contributed by atoms with Crippen LogP contribution in [-0.2, 0) is 16.1 Å². The number of nitrogens with zero attached hydrogens (tertiary/aromatic N) is 2. The Morgan fingerprint density at radius 2 is 2.12 bits per heavy atom. The fraction of sp³-hybridized carbons (Fsp3) is 0.278. The SMILES string of the molecule is C=CC(=O)N(Cc1ncc(C)s1)c1cc(NC(=O)CC)ccc1C. The van der Waals surface area contributed by atoms with Crippen molar-refractivity contribution in [3.05, 3.63) is 52.5 Å². The Labute approximate surface area is 146 Å². The molecule has 0 aliphatic rings. The lowest BCUT2D eigenvalue weighted by Crippen LogP contribution is -2.29. The van der Waals surface area contributed by atoms with Crippen molar-refractivity contribution >= 4 is 34.5 Å². The molecule has 0 atom stereocenters. The number of carbonyl (C=O) groups excluding carboxylic acids is 2. The van der Waals surface area contributed by atoms with Crippen LogP contribution in [0, 0.1) is 13.8 Å². The molecule has 1 N–H and O–H groups in total. The molecule has 5 nitrogen and oxygen atoms in total. The molecule has 0 bridgehead atoms. The van der Waals surface area contributed by atoms with Crippen molar-refractivity contribution in [3.8, 4) is 0 Å². The zero-order chi connectivity index (χ0) is 17.7. The summed E-state index contributed by atoms with van der Waals surface area (Å²) in [5, 5.41) is 3.68. The van der Waals surface area contributed by atoms with Gasteiger partial charge in [-0.1, -0.05) is 19.6 Å². The van der Waals surface area contributed by atoms with Gasteiger partial charge in [-0.3, -0.25) is 9.59 Å². The van der Waals surface area contributed by atoms with Gasteiger partial charge >= 0.3 is 0 Å². The molecule has 0 aliphatic carbocycles. The first-order valence-electron chi connectivity index (χ1n) is 7.70. The number of anilines is 2. The number of rotatable bonds is 6. The molecule has 0 saturated carbocycles. The van der Waals surface area contributed by atoms with E-state index in [0.717, 1.165) is 21.1 Å². The van der Waals surface area contributed by atoms with Crippen LogP contribution in [0.15, 0.2) is 37.1 Å². The second kappa shape index (κ2) is 7.88. The van der Waals surface area contributed by atoms with Gasteiger partial charge in [-0.15, -0.1) is 11.3 Å². The van der Waals surface area contributed by atoms with Crippen LogP contribution in [0.2, 0.25) is 0 Å². The molecule has 24 heavy (non-hydrogen) atoms. The van der Waals surface area contributed by atoms with E-state index in [1.54, 1.807) is 29.4 Å². The minimum absolute atomic E-state index is 0.0676. The van der Waals surface area contributed by atoms with Crippen LogP contribution in [0.4, 0.5) is 11.4 Å². The van der Waals surface area contributed by atoms with Gasteiger partial charge in [0.15, 0.2) is 0 Å². The van der Waals surface area contributed by atoms with E-state index in [-0.39, 0.29) is 11.8 Å². The number of aromatic nitrogens is 1. The van der Waals surface area contributed by atoms with Crippen molar-refractivity contribution in [2.24, 2.45) is 0 Å². The Kier molecular flexibility index (Phi) is 5.87. The van der Waals surface area contributed by atoms with Crippen molar-refractivity contribution in [2.45, 2.75) is 33.7 Å². The summed E-state index contributed by atoms with van der Waals surface area (Å²) in [5.74, 6) is -0.271. The fourth-order valence-corrected chi connectivity index (χ4v) is 3.01. The maximum Gasteiger partial charge on any atom is 0.250 e. The highest BCUT2D eigenvalue weighted by atomic mass is 32.1. The van der Waals surface area contributed by atoms with Crippen LogP contribution in [0.3, 0.4) is 0 Å². The highest BCUT2D eigenvalue weighted by Gasteiger charge is 2.18. The third-order valence-electron chi connectivity index (χ3n) is 3.51. The van der Waals surface area contributed by atoms with Crippen molar-refractivity contribution < 1.29 is 9.59 Å². The Hall–Kier alpha value is -2.47. The lowest BCUT2D eigenvalue weighted by atomic mass is 10.1. The molecule has 1 aromatic heterocycles. The van der Waals surface area contributed by atoms with Crippen LogP contribution in [0.1, 0.15) is 28.8 Å². The third kappa shape index (κ3) is 4.29. The van der Waals surface area contributed by atoms with Crippen LogP contribution in [0.5, 0.6) is 0 Å². The van der Waals surface area contributed by atoms with Crippen molar-refractivity contribution in [1.29, 1.82) is 0 Å². The summed E-state index contributed by atoms with van der Waals surface area (Å²) in [4.78, 5) is 31.0. The lowest BCUT2D eigenvalue weighted by molar-refractivity contribution is -0.116. The molecule has 0 spiro atoms. The Balaban J connectivity index is 2.37. The van der Waals surface area contributed by atoms with Crippen molar-refractivity contribution in [2.75, 3.05) is 10.2 Å². The number of carbonyl (C=O) groups is 2. The van der Waals surface area contributed by atoms with Crippen LogP contribution in [0.25, 0.3) is 0 Å². The molecule has 0 saturated heterocycles. The highest BCUT2D eigenvalue weighted by Crippen LogP contribution is 2.27. The van der Waals surface area contributed by atoms with Gasteiger partial charge in [0.25, 0.3) is 5.91 Å². The molecule has 2 aromatic rings. The van der Waals surface area contributed by atoms with E-state index in [0.29, 0.717) is 18.7 Å².